The van der Waals surface area contributed by atoms with E-state index in [-0.39, 0.29) is 12.0 Å². The van der Waals surface area contributed by atoms with Crippen LogP contribution in [0.15, 0.2) is 28.9 Å². The third kappa shape index (κ3) is 4.55. The van der Waals surface area contributed by atoms with Gasteiger partial charge in [0.2, 0.25) is 5.91 Å². The molecule has 0 radical (unpaired) electrons. The SMILES string of the molecule is CCOC(=O)N1CCN(C(=O)/C=C(\C)c2cc3c(C)coc3cc2OCC)CC1. The van der Waals surface area contributed by atoms with Crippen molar-refractivity contribution in [2.45, 2.75) is 27.7 Å². The minimum atomic E-state index is -0.323. The fourth-order valence-corrected chi connectivity index (χ4v) is 3.44. The number of rotatable bonds is 5. The summed E-state index contributed by atoms with van der Waals surface area (Å²) in [5.74, 6) is 0.625. The van der Waals surface area contributed by atoms with Gasteiger partial charge in [0.05, 0.1) is 19.5 Å². The number of hydrogen-bond donors (Lipinski definition) is 0. The van der Waals surface area contributed by atoms with E-state index in [1.54, 1.807) is 29.1 Å². The van der Waals surface area contributed by atoms with Gasteiger partial charge in [-0.25, -0.2) is 4.79 Å². The maximum atomic E-state index is 12.8. The number of benzene rings is 1. The van der Waals surface area contributed by atoms with Gasteiger partial charge in [0, 0.05) is 49.3 Å². The Morgan fingerprint density at radius 3 is 2.45 bits per heavy atom. The number of furan rings is 1. The first kappa shape index (κ1) is 20.8. The van der Waals surface area contributed by atoms with E-state index in [1.807, 2.05) is 32.9 Å². The zero-order valence-corrected chi connectivity index (χ0v) is 17.5. The topological polar surface area (TPSA) is 72.2 Å². The normalized spacial score (nSPS) is 15.0. The fourth-order valence-electron chi connectivity index (χ4n) is 3.44. The highest BCUT2D eigenvalue weighted by molar-refractivity contribution is 5.97. The average molecular weight is 400 g/mol. The van der Waals surface area contributed by atoms with Crippen LogP contribution in [0.2, 0.25) is 0 Å². The van der Waals surface area contributed by atoms with Crippen molar-refractivity contribution in [1.29, 1.82) is 0 Å². The Kier molecular flexibility index (Phi) is 6.46. The average Bonchev–Trinajstić information content (AvgIpc) is 3.07. The Labute approximate surface area is 170 Å². The molecule has 7 heteroatoms. The zero-order chi connectivity index (χ0) is 21.0. The Balaban J connectivity index is 1.77. The molecule has 1 aliphatic heterocycles. The lowest BCUT2D eigenvalue weighted by atomic mass is 10.0. The minimum Gasteiger partial charge on any atom is -0.493 e. The van der Waals surface area contributed by atoms with Crippen molar-refractivity contribution in [1.82, 2.24) is 9.80 Å². The standard InChI is InChI=1S/C22H28N2O5/c1-5-27-19-13-20-18(16(4)14-29-20)12-17(19)15(3)11-21(25)23-7-9-24(10-8-23)22(26)28-6-2/h11-14H,5-10H2,1-4H3/b15-11+. The van der Waals surface area contributed by atoms with E-state index in [1.165, 1.54) is 0 Å². The van der Waals surface area contributed by atoms with E-state index in [4.69, 9.17) is 13.9 Å². The van der Waals surface area contributed by atoms with Crippen molar-refractivity contribution >= 4 is 28.5 Å². The highest BCUT2D eigenvalue weighted by Crippen LogP contribution is 2.33. The summed E-state index contributed by atoms with van der Waals surface area (Å²) in [7, 11) is 0. The molecule has 1 aromatic carbocycles. The van der Waals surface area contributed by atoms with Crippen molar-refractivity contribution < 1.29 is 23.5 Å². The first-order valence-corrected chi connectivity index (χ1v) is 9.98. The van der Waals surface area contributed by atoms with Crippen LogP contribution in [0.5, 0.6) is 5.75 Å². The van der Waals surface area contributed by atoms with Crippen LogP contribution in [0.1, 0.15) is 31.9 Å². The van der Waals surface area contributed by atoms with E-state index in [9.17, 15) is 9.59 Å². The molecule has 1 aromatic heterocycles. The first-order chi connectivity index (χ1) is 13.9. The number of carbonyl (C=O) groups excluding carboxylic acids is 2. The van der Waals surface area contributed by atoms with Crippen LogP contribution in [0.3, 0.4) is 0 Å². The lowest BCUT2D eigenvalue weighted by Gasteiger charge is -2.33. The van der Waals surface area contributed by atoms with Crippen molar-refractivity contribution in [3.05, 3.63) is 35.6 Å². The predicted molar refractivity (Wildman–Crippen MR) is 111 cm³/mol. The number of ether oxygens (including phenoxy) is 2. The molecule has 7 nitrogen and oxygen atoms in total. The smallest absolute Gasteiger partial charge is 0.409 e. The van der Waals surface area contributed by atoms with E-state index < -0.39 is 0 Å². The molecular weight excluding hydrogens is 372 g/mol. The molecule has 2 heterocycles. The number of nitrogens with zero attached hydrogens (tertiary/aromatic N) is 2. The van der Waals surface area contributed by atoms with Crippen LogP contribution in [-0.4, -0.2) is 61.2 Å². The van der Waals surface area contributed by atoms with Gasteiger partial charge in [-0.05, 0) is 44.9 Å². The van der Waals surface area contributed by atoms with Crippen LogP contribution in [-0.2, 0) is 9.53 Å². The van der Waals surface area contributed by atoms with Crippen molar-refractivity contribution in [3.63, 3.8) is 0 Å². The molecule has 0 saturated carbocycles. The number of amides is 2. The highest BCUT2D eigenvalue weighted by atomic mass is 16.6. The number of fused-ring (bicyclic) bond motifs is 1. The molecule has 2 aromatic rings. The Hall–Kier alpha value is -2.96. The van der Waals surface area contributed by atoms with Crippen molar-refractivity contribution in [2.75, 3.05) is 39.4 Å². The third-order valence-electron chi connectivity index (χ3n) is 5.05. The van der Waals surface area contributed by atoms with Gasteiger partial charge in [-0.15, -0.1) is 0 Å². The van der Waals surface area contributed by atoms with Crippen LogP contribution in [0.25, 0.3) is 16.5 Å². The first-order valence-electron chi connectivity index (χ1n) is 9.98. The van der Waals surface area contributed by atoms with Crippen LogP contribution in [0, 0.1) is 6.92 Å². The second kappa shape index (κ2) is 9.03. The highest BCUT2D eigenvalue weighted by Gasteiger charge is 2.24. The Morgan fingerprint density at radius 1 is 1.10 bits per heavy atom. The summed E-state index contributed by atoms with van der Waals surface area (Å²) in [6, 6.07) is 3.89. The van der Waals surface area contributed by atoms with Gasteiger partial charge in [-0.1, -0.05) is 0 Å². The van der Waals surface area contributed by atoms with Gasteiger partial charge in [-0.3, -0.25) is 4.79 Å². The molecule has 0 unspecified atom stereocenters. The summed E-state index contributed by atoms with van der Waals surface area (Å²) in [6.07, 6.45) is 3.03. The fraction of sp³-hybridized carbons (Fsp3) is 0.455. The molecular formula is C22H28N2O5. The largest absolute Gasteiger partial charge is 0.493 e. The summed E-state index contributed by atoms with van der Waals surface area (Å²) in [5.41, 5.74) is 3.51. The number of hydrogen-bond acceptors (Lipinski definition) is 5. The zero-order valence-electron chi connectivity index (χ0n) is 17.5. The molecule has 1 fully saturated rings. The summed E-state index contributed by atoms with van der Waals surface area (Å²) in [6.45, 7) is 10.4. The van der Waals surface area contributed by atoms with Gasteiger partial charge in [0.1, 0.15) is 11.3 Å². The molecule has 3 rings (SSSR count). The maximum Gasteiger partial charge on any atom is 0.409 e. The van der Waals surface area contributed by atoms with Gasteiger partial charge in [-0.2, -0.15) is 0 Å². The predicted octanol–water partition coefficient (Wildman–Crippen LogP) is 3.84. The molecule has 1 aliphatic rings. The summed E-state index contributed by atoms with van der Waals surface area (Å²) < 4.78 is 16.4. The van der Waals surface area contributed by atoms with Crippen LogP contribution in [0.4, 0.5) is 4.79 Å². The maximum absolute atomic E-state index is 12.8. The van der Waals surface area contributed by atoms with E-state index >= 15 is 0 Å². The van der Waals surface area contributed by atoms with E-state index in [0.717, 1.165) is 27.7 Å². The molecule has 0 bridgehead atoms. The summed E-state index contributed by atoms with van der Waals surface area (Å²) in [4.78, 5) is 28.0. The second-order valence-corrected chi connectivity index (χ2v) is 7.03. The van der Waals surface area contributed by atoms with Gasteiger partial charge >= 0.3 is 6.09 Å². The van der Waals surface area contributed by atoms with Gasteiger partial charge in [0.25, 0.3) is 0 Å². The quantitative estimate of drug-likeness (QED) is 0.713. The Bertz CT molecular complexity index is 923. The van der Waals surface area contributed by atoms with Crippen molar-refractivity contribution in [3.8, 4) is 5.75 Å². The lowest BCUT2D eigenvalue weighted by molar-refractivity contribution is -0.127. The molecule has 29 heavy (non-hydrogen) atoms. The number of carbonyl (C=O) groups is 2. The van der Waals surface area contributed by atoms with Crippen molar-refractivity contribution in [2.24, 2.45) is 0 Å². The molecule has 0 atom stereocenters. The second-order valence-electron chi connectivity index (χ2n) is 7.03. The van der Waals surface area contributed by atoms with E-state index in [2.05, 4.69) is 0 Å². The van der Waals surface area contributed by atoms with E-state index in [0.29, 0.717) is 45.1 Å². The monoisotopic (exact) mass is 400 g/mol. The van der Waals surface area contributed by atoms with Gasteiger partial charge < -0.3 is 23.7 Å². The summed E-state index contributed by atoms with van der Waals surface area (Å²) >= 11 is 0. The van der Waals surface area contributed by atoms with Gasteiger partial charge in [0.15, 0.2) is 0 Å². The summed E-state index contributed by atoms with van der Waals surface area (Å²) in [5, 5.41) is 1.01. The molecule has 2 amide bonds. The number of aryl methyl sites for hydroxylation is 1. The molecule has 0 spiro atoms. The molecule has 1 saturated heterocycles. The number of piperazine rings is 1. The molecule has 156 valence electrons. The third-order valence-corrected chi connectivity index (χ3v) is 5.05. The molecule has 0 aliphatic carbocycles. The van der Waals surface area contributed by atoms with Crippen LogP contribution >= 0.6 is 0 Å². The number of allylic oxidation sites excluding steroid dienone is 1. The molecule has 0 N–H and O–H groups in total. The minimum absolute atomic E-state index is 0.0718. The van der Waals surface area contributed by atoms with Crippen LogP contribution < -0.4 is 4.74 Å². The lowest BCUT2D eigenvalue weighted by Crippen LogP contribution is -2.50. The Morgan fingerprint density at radius 2 is 1.79 bits per heavy atom.